The average molecular weight is 309 g/mol. The van der Waals surface area contributed by atoms with Gasteiger partial charge in [0.25, 0.3) is 0 Å². The number of nitrogens with zero attached hydrogens (tertiary/aromatic N) is 4. The number of aryl methyl sites for hydroxylation is 3. The largest absolute Gasteiger partial charge is 0.322 e. The number of nitrogens with one attached hydrogen (secondary N) is 1. The molecule has 3 aromatic rings. The fourth-order valence-electron chi connectivity index (χ4n) is 2.34. The Hall–Kier alpha value is -2.89. The van der Waals surface area contributed by atoms with Crippen molar-refractivity contribution in [2.45, 2.75) is 26.4 Å². The fraction of sp³-hybridized carbons (Fsp3) is 0.235. The molecule has 0 saturated carbocycles. The minimum absolute atomic E-state index is 0.115. The summed E-state index contributed by atoms with van der Waals surface area (Å²) in [5.41, 5.74) is 2.86. The Morgan fingerprint density at radius 3 is 2.74 bits per heavy atom. The second-order valence-electron chi connectivity index (χ2n) is 5.43. The van der Waals surface area contributed by atoms with Gasteiger partial charge in [0, 0.05) is 18.9 Å². The molecule has 0 bridgehead atoms. The van der Waals surface area contributed by atoms with Crippen LogP contribution >= 0.6 is 0 Å². The van der Waals surface area contributed by atoms with E-state index in [0.717, 1.165) is 18.7 Å². The van der Waals surface area contributed by atoms with Gasteiger partial charge < -0.3 is 5.32 Å². The molecule has 0 aliphatic heterocycles. The summed E-state index contributed by atoms with van der Waals surface area (Å²) in [5.74, 6) is -0.115. The Bertz CT molecular complexity index is 775. The molecule has 2 heterocycles. The summed E-state index contributed by atoms with van der Waals surface area (Å²) < 4.78 is 3.45. The Labute approximate surface area is 134 Å². The Kier molecular flexibility index (Phi) is 4.52. The maximum atomic E-state index is 12.0. The number of aromatic nitrogens is 4. The number of rotatable bonds is 6. The van der Waals surface area contributed by atoms with Crippen LogP contribution in [0.15, 0.2) is 55.0 Å². The van der Waals surface area contributed by atoms with Crippen molar-refractivity contribution >= 4 is 11.6 Å². The first-order valence-electron chi connectivity index (χ1n) is 7.55. The average Bonchev–Trinajstić information content (AvgIpc) is 3.15. The zero-order valence-corrected chi connectivity index (χ0v) is 13.0. The van der Waals surface area contributed by atoms with Gasteiger partial charge in [-0.2, -0.15) is 10.2 Å². The molecule has 1 aromatic carbocycles. The van der Waals surface area contributed by atoms with Crippen molar-refractivity contribution in [3.63, 3.8) is 0 Å². The molecule has 0 saturated heterocycles. The molecule has 6 heteroatoms. The van der Waals surface area contributed by atoms with Crippen LogP contribution in [0.3, 0.4) is 0 Å². The normalized spacial score (nSPS) is 10.7. The molecule has 0 fully saturated rings. The summed E-state index contributed by atoms with van der Waals surface area (Å²) >= 11 is 0. The Balaban J connectivity index is 1.51. The summed E-state index contributed by atoms with van der Waals surface area (Å²) in [7, 11) is 0. The quantitative estimate of drug-likeness (QED) is 0.759. The highest BCUT2D eigenvalue weighted by atomic mass is 16.2. The van der Waals surface area contributed by atoms with Gasteiger partial charge in [-0.25, -0.2) is 0 Å². The van der Waals surface area contributed by atoms with E-state index in [-0.39, 0.29) is 12.5 Å². The lowest BCUT2D eigenvalue weighted by molar-refractivity contribution is -0.116. The predicted octanol–water partition coefficient (Wildman–Crippen LogP) is 2.27. The molecule has 3 rings (SSSR count). The minimum Gasteiger partial charge on any atom is -0.322 e. The monoisotopic (exact) mass is 309 g/mol. The molecule has 0 unspecified atom stereocenters. The first-order valence-corrected chi connectivity index (χ1v) is 7.55. The van der Waals surface area contributed by atoms with Gasteiger partial charge in [-0.3, -0.25) is 14.2 Å². The SMILES string of the molecule is Cc1ccn(CC(=O)Nc2cnn(CCc3ccccc3)c2)n1. The van der Waals surface area contributed by atoms with Crippen LogP contribution in [0.4, 0.5) is 5.69 Å². The number of hydrogen-bond donors (Lipinski definition) is 1. The first kappa shape index (κ1) is 15.0. The highest BCUT2D eigenvalue weighted by Gasteiger charge is 2.06. The molecule has 118 valence electrons. The van der Waals surface area contributed by atoms with Crippen molar-refractivity contribution in [1.82, 2.24) is 19.6 Å². The number of hydrogen-bond acceptors (Lipinski definition) is 3. The highest BCUT2D eigenvalue weighted by molar-refractivity contribution is 5.90. The zero-order valence-electron chi connectivity index (χ0n) is 13.0. The molecule has 1 amide bonds. The molecule has 0 radical (unpaired) electrons. The number of carbonyl (C=O) groups excluding carboxylic acids is 1. The maximum absolute atomic E-state index is 12.0. The molecule has 23 heavy (non-hydrogen) atoms. The van der Waals surface area contributed by atoms with Gasteiger partial charge in [-0.1, -0.05) is 30.3 Å². The second-order valence-corrected chi connectivity index (χ2v) is 5.43. The first-order chi connectivity index (χ1) is 11.2. The van der Waals surface area contributed by atoms with Gasteiger partial charge in [0.2, 0.25) is 5.91 Å². The lowest BCUT2D eigenvalue weighted by Crippen LogP contribution is -2.18. The van der Waals surface area contributed by atoms with Crippen LogP contribution in [0.5, 0.6) is 0 Å². The smallest absolute Gasteiger partial charge is 0.246 e. The fourth-order valence-corrected chi connectivity index (χ4v) is 2.34. The van der Waals surface area contributed by atoms with Crippen LogP contribution in [0, 0.1) is 6.92 Å². The standard InChI is InChI=1S/C17H19N5O/c1-14-7-9-22(20-14)13-17(23)19-16-11-18-21(12-16)10-8-15-5-3-2-4-6-15/h2-7,9,11-12H,8,10,13H2,1H3,(H,19,23). The number of anilines is 1. The minimum atomic E-state index is -0.115. The van der Waals surface area contributed by atoms with E-state index in [1.807, 2.05) is 42.1 Å². The van der Waals surface area contributed by atoms with E-state index < -0.39 is 0 Å². The van der Waals surface area contributed by atoms with Gasteiger partial charge in [0.1, 0.15) is 6.54 Å². The highest BCUT2D eigenvalue weighted by Crippen LogP contribution is 2.07. The van der Waals surface area contributed by atoms with E-state index in [2.05, 4.69) is 27.6 Å². The van der Waals surface area contributed by atoms with E-state index in [9.17, 15) is 4.79 Å². The van der Waals surface area contributed by atoms with Crippen LogP contribution in [-0.2, 0) is 24.3 Å². The molecule has 6 nitrogen and oxygen atoms in total. The van der Waals surface area contributed by atoms with Crippen LogP contribution in [0.25, 0.3) is 0 Å². The van der Waals surface area contributed by atoms with Crippen LogP contribution < -0.4 is 5.32 Å². The zero-order chi connectivity index (χ0) is 16.1. The Morgan fingerprint density at radius 2 is 2.00 bits per heavy atom. The summed E-state index contributed by atoms with van der Waals surface area (Å²) in [5, 5.41) is 11.3. The molecule has 0 spiro atoms. The lowest BCUT2D eigenvalue weighted by Gasteiger charge is -2.03. The molecule has 0 aliphatic carbocycles. The van der Waals surface area contributed by atoms with Crippen molar-refractivity contribution in [2.24, 2.45) is 0 Å². The van der Waals surface area contributed by atoms with E-state index in [1.54, 1.807) is 17.1 Å². The van der Waals surface area contributed by atoms with E-state index in [0.29, 0.717) is 5.69 Å². The summed E-state index contributed by atoms with van der Waals surface area (Å²) in [6, 6.07) is 12.1. The number of benzene rings is 1. The van der Waals surface area contributed by atoms with Gasteiger partial charge in [0.05, 0.1) is 17.6 Å². The van der Waals surface area contributed by atoms with Gasteiger partial charge in [0.15, 0.2) is 0 Å². The van der Waals surface area contributed by atoms with Crippen molar-refractivity contribution in [3.05, 3.63) is 66.2 Å². The molecule has 0 atom stereocenters. The summed E-state index contributed by atoms with van der Waals surface area (Å²) in [4.78, 5) is 12.0. The second kappa shape index (κ2) is 6.91. The third-order valence-electron chi connectivity index (χ3n) is 3.47. The Morgan fingerprint density at radius 1 is 1.17 bits per heavy atom. The van der Waals surface area contributed by atoms with Crippen molar-refractivity contribution < 1.29 is 4.79 Å². The lowest BCUT2D eigenvalue weighted by atomic mass is 10.1. The number of amides is 1. The topological polar surface area (TPSA) is 64.7 Å². The van der Waals surface area contributed by atoms with Crippen LogP contribution in [0.1, 0.15) is 11.3 Å². The summed E-state index contributed by atoms with van der Waals surface area (Å²) in [6.45, 7) is 2.87. The molecule has 0 aliphatic rings. The van der Waals surface area contributed by atoms with E-state index in [1.165, 1.54) is 5.56 Å². The predicted molar refractivity (Wildman–Crippen MR) is 88.0 cm³/mol. The third-order valence-corrected chi connectivity index (χ3v) is 3.47. The molecule has 2 aromatic heterocycles. The van der Waals surface area contributed by atoms with Crippen LogP contribution in [0.2, 0.25) is 0 Å². The van der Waals surface area contributed by atoms with E-state index in [4.69, 9.17) is 0 Å². The summed E-state index contributed by atoms with van der Waals surface area (Å²) in [6.07, 6.45) is 6.20. The van der Waals surface area contributed by atoms with Crippen molar-refractivity contribution in [2.75, 3.05) is 5.32 Å². The third kappa shape index (κ3) is 4.29. The molecular weight excluding hydrogens is 290 g/mol. The van der Waals surface area contributed by atoms with Gasteiger partial charge >= 0.3 is 0 Å². The maximum Gasteiger partial charge on any atom is 0.246 e. The van der Waals surface area contributed by atoms with Gasteiger partial charge in [-0.15, -0.1) is 0 Å². The number of carbonyl (C=O) groups is 1. The van der Waals surface area contributed by atoms with Crippen molar-refractivity contribution in [3.8, 4) is 0 Å². The van der Waals surface area contributed by atoms with E-state index >= 15 is 0 Å². The van der Waals surface area contributed by atoms with Crippen LogP contribution in [-0.4, -0.2) is 25.5 Å². The molecule has 1 N–H and O–H groups in total. The van der Waals surface area contributed by atoms with Gasteiger partial charge in [-0.05, 0) is 25.0 Å². The molecular formula is C17H19N5O. The van der Waals surface area contributed by atoms with Crippen molar-refractivity contribution in [1.29, 1.82) is 0 Å².